The molecule has 2 aliphatic heterocycles. The van der Waals surface area contributed by atoms with E-state index in [0.717, 1.165) is 36.6 Å². The fourth-order valence-electron chi connectivity index (χ4n) is 5.06. The Morgan fingerprint density at radius 1 is 1.11 bits per heavy atom. The molecule has 2 N–H and O–H groups in total. The molecule has 1 spiro atoms. The van der Waals surface area contributed by atoms with Gasteiger partial charge in [-0.3, -0.25) is 9.69 Å². The lowest BCUT2D eigenvalue weighted by molar-refractivity contribution is -0.275. The molecule has 4 rings (SSSR count). The molecule has 2 aromatic carbocycles. The molecule has 0 aromatic heterocycles. The summed E-state index contributed by atoms with van der Waals surface area (Å²) in [4.78, 5) is 13.2. The molecular formula is C26H29F4NO5. The van der Waals surface area contributed by atoms with E-state index in [9.17, 15) is 32.6 Å². The van der Waals surface area contributed by atoms with E-state index in [4.69, 9.17) is 4.74 Å². The van der Waals surface area contributed by atoms with Gasteiger partial charge in [0.2, 0.25) is 0 Å². The van der Waals surface area contributed by atoms with E-state index in [0.29, 0.717) is 37.2 Å². The SMILES string of the molecule is C[C@H](C(=O)O)[C@@H](O)c1ccc2c(c1)OC1(CC2)CCN([C@@H](C)c2cc(F)ccc2OC(F)(F)F)CC1. The van der Waals surface area contributed by atoms with Crippen LogP contribution < -0.4 is 9.47 Å². The summed E-state index contributed by atoms with van der Waals surface area (Å²) in [5.41, 5.74) is 1.10. The third-order valence-electron chi connectivity index (χ3n) is 7.38. The zero-order valence-electron chi connectivity index (χ0n) is 20.0. The van der Waals surface area contributed by atoms with Crippen molar-refractivity contribution in [3.05, 3.63) is 58.9 Å². The average molecular weight is 512 g/mol. The van der Waals surface area contributed by atoms with Crippen LogP contribution in [-0.2, 0) is 11.2 Å². The third-order valence-corrected chi connectivity index (χ3v) is 7.38. The number of rotatable bonds is 6. The molecule has 2 aliphatic rings. The van der Waals surface area contributed by atoms with Crippen LogP contribution in [0.3, 0.4) is 0 Å². The number of likely N-dealkylation sites (tertiary alicyclic amines) is 1. The van der Waals surface area contributed by atoms with Gasteiger partial charge in [0.25, 0.3) is 0 Å². The highest BCUT2D eigenvalue weighted by molar-refractivity contribution is 5.70. The van der Waals surface area contributed by atoms with Gasteiger partial charge in [-0.2, -0.15) is 0 Å². The van der Waals surface area contributed by atoms with Crippen molar-refractivity contribution in [1.82, 2.24) is 4.90 Å². The van der Waals surface area contributed by atoms with E-state index >= 15 is 0 Å². The van der Waals surface area contributed by atoms with Crippen LogP contribution >= 0.6 is 0 Å². The van der Waals surface area contributed by atoms with Gasteiger partial charge in [-0.05, 0) is 74.9 Å². The maximum Gasteiger partial charge on any atom is 0.573 e. The Labute approximate surface area is 206 Å². The Morgan fingerprint density at radius 3 is 2.44 bits per heavy atom. The molecule has 6 nitrogen and oxygen atoms in total. The molecule has 0 radical (unpaired) electrons. The first-order chi connectivity index (χ1) is 16.9. The summed E-state index contributed by atoms with van der Waals surface area (Å²) < 4.78 is 63.0. The number of nitrogens with zero attached hydrogens (tertiary/aromatic N) is 1. The molecule has 36 heavy (non-hydrogen) atoms. The Morgan fingerprint density at radius 2 is 1.81 bits per heavy atom. The maximum atomic E-state index is 13.9. The number of aliphatic hydroxyl groups excluding tert-OH is 1. The number of halogens is 4. The second kappa shape index (κ2) is 9.89. The highest BCUT2D eigenvalue weighted by Gasteiger charge is 2.41. The second-order valence-electron chi connectivity index (χ2n) is 9.67. The minimum atomic E-state index is -4.88. The number of hydrogen-bond donors (Lipinski definition) is 2. The first-order valence-electron chi connectivity index (χ1n) is 11.9. The Balaban J connectivity index is 1.47. The monoisotopic (exact) mass is 511 g/mol. The van der Waals surface area contributed by atoms with Gasteiger partial charge in [-0.15, -0.1) is 13.2 Å². The van der Waals surface area contributed by atoms with Gasteiger partial charge in [0.1, 0.15) is 22.9 Å². The largest absolute Gasteiger partial charge is 0.573 e. The first-order valence-corrected chi connectivity index (χ1v) is 11.9. The lowest BCUT2D eigenvalue weighted by atomic mass is 9.82. The number of benzene rings is 2. The number of alkyl halides is 3. The van der Waals surface area contributed by atoms with Crippen molar-refractivity contribution in [2.75, 3.05) is 13.1 Å². The summed E-state index contributed by atoms with van der Waals surface area (Å²) in [6, 6.07) is 7.77. The van der Waals surface area contributed by atoms with E-state index < -0.39 is 47.6 Å². The summed E-state index contributed by atoms with van der Waals surface area (Å²) >= 11 is 0. The number of ether oxygens (including phenoxy) is 2. The fourth-order valence-corrected chi connectivity index (χ4v) is 5.06. The fraction of sp³-hybridized carbons (Fsp3) is 0.500. The normalized spacial score (nSPS) is 20.2. The predicted octanol–water partition coefficient (Wildman–Crippen LogP) is 5.40. The highest BCUT2D eigenvalue weighted by Crippen LogP contribution is 2.43. The molecule has 0 bridgehead atoms. The van der Waals surface area contributed by atoms with Crippen molar-refractivity contribution in [2.24, 2.45) is 5.92 Å². The van der Waals surface area contributed by atoms with Gasteiger partial charge < -0.3 is 19.7 Å². The number of piperidine rings is 1. The van der Waals surface area contributed by atoms with E-state index in [1.807, 2.05) is 11.0 Å². The molecule has 0 amide bonds. The molecule has 10 heteroatoms. The van der Waals surface area contributed by atoms with Crippen LogP contribution in [0, 0.1) is 11.7 Å². The summed E-state index contributed by atoms with van der Waals surface area (Å²) in [6.07, 6.45) is -3.31. The van der Waals surface area contributed by atoms with E-state index in [2.05, 4.69) is 4.74 Å². The Bertz CT molecular complexity index is 1110. The van der Waals surface area contributed by atoms with Crippen LogP contribution in [-0.4, -0.2) is 46.1 Å². The third kappa shape index (κ3) is 5.59. The minimum Gasteiger partial charge on any atom is -0.487 e. The van der Waals surface area contributed by atoms with E-state index in [-0.39, 0.29) is 5.56 Å². The van der Waals surface area contributed by atoms with Crippen LogP contribution in [0.25, 0.3) is 0 Å². The molecule has 0 aliphatic carbocycles. The molecule has 2 heterocycles. The lowest BCUT2D eigenvalue weighted by Gasteiger charge is -2.46. The number of fused-ring (bicyclic) bond motifs is 1. The summed E-state index contributed by atoms with van der Waals surface area (Å²) in [6.45, 7) is 4.22. The number of aryl methyl sites for hydroxylation is 1. The van der Waals surface area contributed by atoms with Crippen LogP contribution in [0.5, 0.6) is 11.5 Å². The van der Waals surface area contributed by atoms with Crippen molar-refractivity contribution in [3.8, 4) is 11.5 Å². The number of carbonyl (C=O) groups is 1. The molecule has 1 fully saturated rings. The molecule has 3 atom stereocenters. The molecular weight excluding hydrogens is 482 g/mol. The summed E-state index contributed by atoms with van der Waals surface area (Å²) in [5, 5.41) is 19.6. The van der Waals surface area contributed by atoms with Gasteiger partial charge in [-0.1, -0.05) is 12.1 Å². The molecule has 0 unspecified atom stereocenters. The van der Waals surface area contributed by atoms with E-state index in [1.165, 1.54) is 6.92 Å². The number of aliphatic carboxylic acids is 1. The first kappa shape index (κ1) is 26.2. The highest BCUT2D eigenvalue weighted by atomic mass is 19.4. The second-order valence-corrected chi connectivity index (χ2v) is 9.67. The van der Waals surface area contributed by atoms with Crippen molar-refractivity contribution in [1.29, 1.82) is 0 Å². The number of carboxylic acid groups (broad SMARTS) is 1. The summed E-state index contributed by atoms with van der Waals surface area (Å²) in [7, 11) is 0. The predicted molar refractivity (Wildman–Crippen MR) is 122 cm³/mol. The van der Waals surface area contributed by atoms with Gasteiger partial charge in [0.05, 0.1) is 12.0 Å². The minimum absolute atomic E-state index is 0.129. The molecule has 2 aromatic rings. The van der Waals surface area contributed by atoms with Crippen molar-refractivity contribution < 1.29 is 42.0 Å². The standard InChI is InChI=1S/C26H29F4NO5/c1-15(24(33)34)23(32)18-4-3-17-7-8-25(35-22(17)13-18)9-11-31(12-10-25)16(2)20-14-19(27)5-6-21(20)36-26(28,29)30/h3-6,13-16,23,32H,7-12H2,1-2H3,(H,33,34)/t15-,16-,23+/m0/s1. The molecule has 1 saturated heterocycles. The van der Waals surface area contributed by atoms with Crippen LogP contribution in [0.1, 0.15) is 61.9 Å². The smallest absolute Gasteiger partial charge is 0.487 e. The van der Waals surface area contributed by atoms with Crippen molar-refractivity contribution in [2.45, 2.75) is 63.6 Å². The van der Waals surface area contributed by atoms with Crippen LogP contribution in [0.15, 0.2) is 36.4 Å². The Hall–Kier alpha value is -2.85. The molecule has 0 saturated carbocycles. The van der Waals surface area contributed by atoms with Gasteiger partial charge in [0.15, 0.2) is 0 Å². The van der Waals surface area contributed by atoms with Crippen LogP contribution in [0.2, 0.25) is 0 Å². The molecule has 196 valence electrons. The average Bonchev–Trinajstić information content (AvgIpc) is 2.83. The quantitative estimate of drug-likeness (QED) is 0.506. The summed E-state index contributed by atoms with van der Waals surface area (Å²) in [5.74, 6) is -2.51. The van der Waals surface area contributed by atoms with Gasteiger partial charge in [-0.25, -0.2) is 4.39 Å². The van der Waals surface area contributed by atoms with Crippen molar-refractivity contribution >= 4 is 5.97 Å². The maximum absolute atomic E-state index is 13.9. The van der Waals surface area contributed by atoms with Gasteiger partial charge >= 0.3 is 12.3 Å². The zero-order chi connectivity index (χ0) is 26.3. The van der Waals surface area contributed by atoms with Gasteiger partial charge in [0, 0.05) is 24.7 Å². The van der Waals surface area contributed by atoms with Crippen LogP contribution in [0.4, 0.5) is 17.6 Å². The van der Waals surface area contributed by atoms with E-state index in [1.54, 1.807) is 19.1 Å². The topological polar surface area (TPSA) is 79.2 Å². The van der Waals surface area contributed by atoms with Crippen molar-refractivity contribution in [3.63, 3.8) is 0 Å². The number of aliphatic hydroxyl groups is 1. The zero-order valence-corrected chi connectivity index (χ0v) is 20.0. The Kier molecular flexibility index (Phi) is 7.21. The number of hydrogen-bond acceptors (Lipinski definition) is 5. The number of carboxylic acids is 1. The lowest BCUT2D eigenvalue weighted by Crippen LogP contribution is -2.50.